The Bertz CT molecular complexity index is 588. The molecule has 0 bridgehead atoms. The number of nitrogens with zero attached hydrogens (tertiary/aromatic N) is 1. The fourth-order valence-electron chi connectivity index (χ4n) is 2.01. The molecule has 0 aromatic heterocycles. The van der Waals surface area contributed by atoms with E-state index in [4.69, 9.17) is 5.26 Å². The van der Waals surface area contributed by atoms with Crippen molar-refractivity contribution in [2.75, 3.05) is 18.4 Å². The highest BCUT2D eigenvalue weighted by Crippen LogP contribution is 2.12. The van der Waals surface area contributed by atoms with Crippen molar-refractivity contribution < 1.29 is 9.59 Å². The first-order chi connectivity index (χ1) is 11.7. The lowest BCUT2D eigenvalue weighted by molar-refractivity contribution is -0.112. The van der Waals surface area contributed by atoms with Crippen LogP contribution in [0.4, 0.5) is 5.69 Å². The van der Waals surface area contributed by atoms with E-state index in [-0.39, 0.29) is 5.57 Å². The summed E-state index contributed by atoms with van der Waals surface area (Å²) in [6, 6.07) is 9.54. The first-order valence-electron chi connectivity index (χ1n) is 8.12. The third kappa shape index (κ3) is 7.45. The highest BCUT2D eigenvalue weighted by molar-refractivity contribution is 6.06. The predicted octanol–water partition coefficient (Wildman–Crippen LogP) is 2.10. The van der Waals surface area contributed by atoms with E-state index in [1.807, 2.05) is 30.3 Å². The Morgan fingerprint density at radius 2 is 1.88 bits per heavy atom. The standard InChI is InChI=1S/C18H24N4O2/c1-2-3-5-15-6-8-17(9-7-15)22-18(24)16(12-19)13-20-10-4-11-21-14-23/h6-9,13-14,20H,2-5,10-11H2,1H3,(H,21,23)(H,22,24)/b16-13-. The Balaban J connectivity index is 2.48. The van der Waals surface area contributed by atoms with Gasteiger partial charge in [0.05, 0.1) is 0 Å². The van der Waals surface area contributed by atoms with E-state index in [2.05, 4.69) is 22.9 Å². The SMILES string of the molecule is CCCCc1ccc(NC(=O)/C(C#N)=C\NCCCNC=O)cc1. The second kappa shape index (κ2) is 11.7. The number of benzene rings is 1. The van der Waals surface area contributed by atoms with Crippen molar-refractivity contribution in [3.05, 3.63) is 41.6 Å². The van der Waals surface area contributed by atoms with Crippen LogP contribution >= 0.6 is 0 Å². The van der Waals surface area contributed by atoms with Crippen LogP contribution in [-0.4, -0.2) is 25.4 Å². The molecule has 0 saturated heterocycles. The topological polar surface area (TPSA) is 94.0 Å². The normalized spacial score (nSPS) is 10.6. The minimum atomic E-state index is -0.447. The molecule has 0 atom stereocenters. The zero-order valence-electron chi connectivity index (χ0n) is 14.0. The molecule has 0 aliphatic heterocycles. The Morgan fingerprint density at radius 1 is 1.17 bits per heavy atom. The lowest BCUT2D eigenvalue weighted by Gasteiger charge is -2.06. The Labute approximate surface area is 142 Å². The van der Waals surface area contributed by atoms with Crippen molar-refractivity contribution in [2.45, 2.75) is 32.6 Å². The summed E-state index contributed by atoms with van der Waals surface area (Å²) in [6.45, 7) is 3.26. The number of hydrogen-bond donors (Lipinski definition) is 3. The van der Waals surface area contributed by atoms with Crippen molar-refractivity contribution in [3.63, 3.8) is 0 Å². The number of nitriles is 1. The van der Waals surface area contributed by atoms with Gasteiger partial charge in [-0.1, -0.05) is 25.5 Å². The quantitative estimate of drug-likeness (QED) is 0.251. The third-order valence-electron chi connectivity index (χ3n) is 3.37. The Morgan fingerprint density at radius 3 is 2.50 bits per heavy atom. The van der Waals surface area contributed by atoms with Crippen molar-refractivity contribution >= 4 is 18.0 Å². The summed E-state index contributed by atoms with van der Waals surface area (Å²) in [6.07, 6.45) is 6.04. The summed E-state index contributed by atoms with van der Waals surface area (Å²) in [7, 11) is 0. The number of hydrogen-bond acceptors (Lipinski definition) is 4. The van der Waals surface area contributed by atoms with Gasteiger partial charge in [-0.2, -0.15) is 5.26 Å². The van der Waals surface area contributed by atoms with Crippen LogP contribution in [0.2, 0.25) is 0 Å². The van der Waals surface area contributed by atoms with E-state index in [0.29, 0.717) is 31.6 Å². The molecule has 0 saturated carbocycles. The van der Waals surface area contributed by atoms with Crippen LogP contribution in [0.3, 0.4) is 0 Å². The molecule has 128 valence electrons. The van der Waals surface area contributed by atoms with Gasteiger partial charge < -0.3 is 16.0 Å². The van der Waals surface area contributed by atoms with Crippen molar-refractivity contribution in [2.24, 2.45) is 0 Å². The highest BCUT2D eigenvalue weighted by atomic mass is 16.1. The number of carbonyl (C=O) groups is 2. The monoisotopic (exact) mass is 328 g/mol. The van der Waals surface area contributed by atoms with Gasteiger partial charge in [0.25, 0.3) is 5.91 Å². The molecule has 0 unspecified atom stereocenters. The average Bonchev–Trinajstić information content (AvgIpc) is 2.60. The number of carbonyl (C=O) groups excluding carboxylic acids is 2. The molecule has 0 aliphatic carbocycles. The smallest absolute Gasteiger partial charge is 0.267 e. The minimum Gasteiger partial charge on any atom is -0.390 e. The highest BCUT2D eigenvalue weighted by Gasteiger charge is 2.09. The average molecular weight is 328 g/mol. The fraction of sp³-hybridized carbons (Fsp3) is 0.389. The molecule has 24 heavy (non-hydrogen) atoms. The first-order valence-corrected chi connectivity index (χ1v) is 8.12. The maximum absolute atomic E-state index is 12.1. The molecule has 2 amide bonds. The Hall–Kier alpha value is -2.81. The van der Waals surface area contributed by atoms with Crippen LogP contribution in [-0.2, 0) is 16.0 Å². The predicted molar refractivity (Wildman–Crippen MR) is 94.1 cm³/mol. The van der Waals surface area contributed by atoms with Gasteiger partial charge >= 0.3 is 0 Å². The number of rotatable bonds is 11. The molecule has 1 rings (SSSR count). The van der Waals surface area contributed by atoms with Gasteiger partial charge in [-0.15, -0.1) is 0 Å². The third-order valence-corrected chi connectivity index (χ3v) is 3.37. The molecular formula is C18H24N4O2. The number of nitrogens with one attached hydrogen (secondary N) is 3. The van der Waals surface area contributed by atoms with Crippen molar-refractivity contribution in [3.8, 4) is 6.07 Å². The lowest BCUT2D eigenvalue weighted by Crippen LogP contribution is -2.20. The molecule has 0 aliphatic rings. The number of amides is 2. The summed E-state index contributed by atoms with van der Waals surface area (Å²) in [4.78, 5) is 22.2. The summed E-state index contributed by atoms with van der Waals surface area (Å²) in [5, 5.41) is 17.2. The Kier molecular flexibility index (Phi) is 9.39. The van der Waals surface area contributed by atoms with Gasteiger partial charge in [0.15, 0.2) is 0 Å². The molecular weight excluding hydrogens is 304 g/mol. The summed E-state index contributed by atoms with van der Waals surface area (Å²) in [5.74, 6) is -0.447. The van der Waals surface area contributed by atoms with Gasteiger partial charge in [-0.05, 0) is 37.0 Å². The van der Waals surface area contributed by atoms with E-state index in [1.54, 1.807) is 0 Å². The molecule has 1 aromatic carbocycles. The summed E-state index contributed by atoms with van der Waals surface area (Å²) < 4.78 is 0. The zero-order chi connectivity index (χ0) is 17.6. The van der Waals surface area contributed by atoms with Crippen LogP contribution in [0.5, 0.6) is 0 Å². The van der Waals surface area contributed by atoms with Crippen LogP contribution in [0.25, 0.3) is 0 Å². The molecule has 0 radical (unpaired) electrons. The van der Waals surface area contributed by atoms with Crippen LogP contribution in [0, 0.1) is 11.3 Å². The second-order valence-corrected chi connectivity index (χ2v) is 5.30. The van der Waals surface area contributed by atoms with Gasteiger partial charge in [0, 0.05) is 25.0 Å². The number of aryl methyl sites for hydroxylation is 1. The first kappa shape index (κ1) is 19.2. The molecule has 6 nitrogen and oxygen atoms in total. The fourth-order valence-corrected chi connectivity index (χ4v) is 2.01. The molecule has 3 N–H and O–H groups in total. The zero-order valence-corrected chi connectivity index (χ0v) is 14.0. The molecule has 0 spiro atoms. The van der Waals surface area contributed by atoms with Crippen LogP contribution in [0.1, 0.15) is 31.7 Å². The van der Waals surface area contributed by atoms with Gasteiger partial charge in [0.2, 0.25) is 6.41 Å². The van der Waals surface area contributed by atoms with Crippen LogP contribution < -0.4 is 16.0 Å². The molecule has 0 fully saturated rings. The van der Waals surface area contributed by atoms with Gasteiger partial charge in [0.1, 0.15) is 11.6 Å². The maximum atomic E-state index is 12.1. The van der Waals surface area contributed by atoms with E-state index >= 15 is 0 Å². The van der Waals surface area contributed by atoms with Gasteiger partial charge in [-0.25, -0.2) is 0 Å². The van der Waals surface area contributed by atoms with Crippen molar-refractivity contribution in [1.29, 1.82) is 5.26 Å². The molecule has 0 heterocycles. The molecule has 6 heteroatoms. The van der Waals surface area contributed by atoms with E-state index in [9.17, 15) is 9.59 Å². The minimum absolute atomic E-state index is 0.00778. The summed E-state index contributed by atoms with van der Waals surface area (Å²) in [5.41, 5.74) is 1.90. The van der Waals surface area contributed by atoms with Crippen LogP contribution in [0.15, 0.2) is 36.0 Å². The van der Waals surface area contributed by atoms with E-state index in [1.165, 1.54) is 11.8 Å². The maximum Gasteiger partial charge on any atom is 0.267 e. The van der Waals surface area contributed by atoms with Gasteiger partial charge in [-0.3, -0.25) is 9.59 Å². The van der Waals surface area contributed by atoms with E-state index in [0.717, 1.165) is 19.3 Å². The number of unbranched alkanes of at least 4 members (excludes halogenated alkanes) is 1. The largest absolute Gasteiger partial charge is 0.390 e. The lowest BCUT2D eigenvalue weighted by atomic mass is 10.1. The van der Waals surface area contributed by atoms with E-state index < -0.39 is 5.91 Å². The summed E-state index contributed by atoms with van der Waals surface area (Å²) >= 11 is 0. The van der Waals surface area contributed by atoms with Crippen molar-refractivity contribution in [1.82, 2.24) is 10.6 Å². The second-order valence-electron chi connectivity index (χ2n) is 5.30. The molecule has 1 aromatic rings. The number of anilines is 1.